The first-order valence-corrected chi connectivity index (χ1v) is 6.16. The quantitative estimate of drug-likeness (QED) is 0.753. The highest BCUT2D eigenvalue weighted by Crippen LogP contribution is 2.31. The Balaban J connectivity index is 2.23. The molecule has 2 amide bonds. The van der Waals surface area contributed by atoms with Gasteiger partial charge < -0.3 is 25.2 Å². The largest absolute Gasteiger partial charge is 0.486 e. The number of carboxylic acid groups (broad SMARTS) is 1. The Morgan fingerprint density at radius 3 is 2.43 bits per heavy atom. The smallest absolute Gasteiger partial charge is 0.323 e. The summed E-state index contributed by atoms with van der Waals surface area (Å²) < 4.78 is 10.7. The number of hydrogen-bond donors (Lipinski definition) is 2. The Labute approximate surface area is 120 Å². The van der Waals surface area contributed by atoms with Gasteiger partial charge in [-0.05, 0) is 18.2 Å². The molecule has 3 N–H and O–H groups in total. The molecule has 0 aliphatic carbocycles. The molecule has 1 aromatic rings. The van der Waals surface area contributed by atoms with E-state index in [4.69, 9.17) is 20.3 Å². The monoisotopic (exact) mass is 294 g/mol. The number of aliphatic carboxylic acids is 1. The number of carboxylic acids is 1. The summed E-state index contributed by atoms with van der Waals surface area (Å²) in [5, 5.41) is 8.79. The minimum atomic E-state index is -1.23. The van der Waals surface area contributed by atoms with E-state index in [1.807, 2.05) is 0 Å². The summed E-state index contributed by atoms with van der Waals surface area (Å²) in [6.07, 6.45) is 0. The topological polar surface area (TPSA) is 119 Å². The number of carbonyl (C=O) groups excluding carboxylic acids is 2. The van der Waals surface area contributed by atoms with Crippen LogP contribution in [0, 0.1) is 0 Å². The van der Waals surface area contributed by atoms with E-state index < -0.39 is 30.9 Å². The number of hydrogen-bond acceptors (Lipinski definition) is 5. The van der Waals surface area contributed by atoms with Gasteiger partial charge in [-0.15, -0.1) is 0 Å². The molecule has 0 fully saturated rings. The van der Waals surface area contributed by atoms with Crippen molar-refractivity contribution >= 4 is 17.8 Å². The number of amides is 2. The highest BCUT2D eigenvalue weighted by Gasteiger charge is 2.22. The zero-order chi connectivity index (χ0) is 15.4. The van der Waals surface area contributed by atoms with Crippen molar-refractivity contribution in [3.05, 3.63) is 23.8 Å². The molecule has 1 aliphatic rings. The molecule has 21 heavy (non-hydrogen) atoms. The molecule has 0 aromatic heterocycles. The number of carbonyl (C=O) groups is 3. The molecule has 0 atom stereocenters. The molecule has 2 rings (SSSR count). The molecule has 0 saturated heterocycles. The molecule has 8 nitrogen and oxygen atoms in total. The molecule has 0 saturated carbocycles. The van der Waals surface area contributed by atoms with E-state index in [1.165, 1.54) is 12.1 Å². The number of fused-ring (bicyclic) bond motifs is 1. The number of primary amides is 1. The lowest BCUT2D eigenvalue weighted by Crippen LogP contribution is -2.41. The normalized spacial score (nSPS) is 12.6. The van der Waals surface area contributed by atoms with Gasteiger partial charge in [0.15, 0.2) is 11.5 Å². The van der Waals surface area contributed by atoms with Crippen LogP contribution in [0.15, 0.2) is 18.2 Å². The van der Waals surface area contributed by atoms with Gasteiger partial charge in [-0.1, -0.05) is 0 Å². The Kier molecular flexibility index (Phi) is 4.27. The second-order valence-electron chi connectivity index (χ2n) is 4.38. The fraction of sp³-hybridized carbons (Fsp3) is 0.308. The summed E-state index contributed by atoms with van der Waals surface area (Å²) in [5.41, 5.74) is 5.22. The fourth-order valence-electron chi connectivity index (χ4n) is 1.91. The molecule has 1 heterocycles. The molecule has 112 valence electrons. The van der Waals surface area contributed by atoms with Crippen molar-refractivity contribution in [2.45, 2.75) is 0 Å². The Hall–Kier alpha value is -2.77. The third kappa shape index (κ3) is 3.62. The summed E-state index contributed by atoms with van der Waals surface area (Å²) in [6, 6.07) is 4.49. The average Bonchev–Trinajstić information content (AvgIpc) is 2.44. The second-order valence-corrected chi connectivity index (χ2v) is 4.38. The van der Waals surface area contributed by atoms with Crippen LogP contribution in [-0.4, -0.2) is 54.1 Å². The van der Waals surface area contributed by atoms with E-state index in [0.717, 1.165) is 4.90 Å². The summed E-state index contributed by atoms with van der Waals surface area (Å²) in [4.78, 5) is 34.8. The van der Waals surface area contributed by atoms with E-state index in [-0.39, 0.29) is 5.56 Å². The fourth-order valence-corrected chi connectivity index (χ4v) is 1.91. The minimum Gasteiger partial charge on any atom is -0.486 e. The first-order valence-electron chi connectivity index (χ1n) is 6.16. The highest BCUT2D eigenvalue weighted by atomic mass is 16.6. The first kappa shape index (κ1) is 14.6. The summed E-state index contributed by atoms with van der Waals surface area (Å²) in [7, 11) is 0. The Morgan fingerprint density at radius 2 is 1.81 bits per heavy atom. The van der Waals surface area contributed by atoms with Crippen LogP contribution >= 0.6 is 0 Å². The number of nitrogens with zero attached hydrogens (tertiary/aromatic N) is 1. The lowest BCUT2D eigenvalue weighted by molar-refractivity contribution is -0.138. The van der Waals surface area contributed by atoms with Gasteiger partial charge in [0, 0.05) is 5.56 Å². The minimum absolute atomic E-state index is 0.196. The Bertz CT molecular complexity index is 570. The predicted octanol–water partition coefficient (Wildman–Crippen LogP) is -0.530. The standard InChI is InChI=1S/C13H14N2O6/c14-11(16)6-15(7-12(17)18)13(19)8-1-2-9-10(5-8)21-4-3-20-9/h1-2,5H,3-4,6-7H2,(H2,14,16)(H,17,18). The molecular formula is C13H14N2O6. The van der Waals surface area contributed by atoms with Crippen molar-refractivity contribution in [2.24, 2.45) is 5.73 Å². The first-order chi connectivity index (χ1) is 9.97. The van der Waals surface area contributed by atoms with Crippen LogP contribution in [0.25, 0.3) is 0 Å². The lowest BCUT2D eigenvalue weighted by atomic mass is 10.1. The maximum absolute atomic E-state index is 12.3. The predicted molar refractivity (Wildman–Crippen MR) is 70.2 cm³/mol. The number of ether oxygens (including phenoxy) is 2. The van der Waals surface area contributed by atoms with E-state index in [9.17, 15) is 14.4 Å². The van der Waals surface area contributed by atoms with Gasteiger partial charge in [0.05, 0.1) is 0 Å². The van der Waals surface area contributed by atoms with Gasteiger partial charge in [0.25, 0.3) is 5.91 Å². The van der Waals surface area contributed by atoms with Crippen LogP contribution < -0.4 is 15.2 Å². The maximum Gasteiger partial charge on any atom is 0.323 e. The molecule has 8 heteroatoms. The van der Waals surface area contributed by atoms with Crippen molar-refractivity contribution in [1.29, 1.82) is 0 Å². The molecule has 0 radical (unpaired) electrons. The maximum atomic E-state index is 12.3. The van der Waals surface area contributed by atoms with Crippen LogP contribution in [0.2, 0.25) is 0 Å². The van der Waals surface area contributed by atoms with Crippen LogP contribution in [0.5, 0.6) is 11.5 Å². The van der Waals surface area contributed by atoms with Crippen molar-refractivity contribution in [1.82, 2.24) is 4.90 Å². The number of nitrogens with two attached hydrogens (primary N) is 1. The average molecular weight is 294 g/mol. The number of rotatable bonds is 5. The second kappa shape index (κ2) is 6.12. The molecule has 1 aliphatic heterocycles. The van der Waals surface area contributed by atoms with Gasteiger partial charge in [-0.2, -0.15) is 0 Å². The van der Waals surface area contributed by atoms with Crippen LogP contribution in [0.4, 0.5) is 0 Å². The van der Waals surface area contributed by atoms with Crippen molar-refractivity contribution in [3.8, 4) is 11.5 Å². The van der Waals surface area contributed by atoms with Crippen molar-refractivity contribution in [3.63, 3.8) is 0 Å². The van der Waals surface area contributed by atoms with Crippen LogP contribution in [0.1, 0.15) is 10.4 Å². The zero-order valence-electron chi connectivity index (χ0n) is 11.1. The third-order valence-corrected chi connectivity index (χ3v) is 2.75. The molecular weight excluding hydrogens is 280 g/mol. The molecule has 0 bridgehead atoms. The lowest BCUT2D eigenvalue weighted by Gasteiger charge is -2.21. The third-order valence-electron chi connectivity index (χ3n) is 2.75. The molecule has 1 aromatic carbocycles. The van der Waals surface area contributed by atoms with Gasteiger partial charge in [-0.25, -0.2) is 0 Å². The van der Waals surface area contributed by atoms with E-state index in [2.05, 4.69) is 0 Å². The van der Waals surface area contributed by atoms with E-state index >= 15 is 0 Å². The summed E-state index contributed by atoms with van der Waals surface area (Å²) in [6.45, 7) is -0.298. The number of benzene rings is 1. The molecule has 0 spiro atoms. The van der Waals surface area contributed by atoms with Gasteiger partial charge in [0.2, 0.25) is 5.91 Å². The van der Waals surface area contributed by atoms with Crippen molar-refractivity contribution < 1.29 is 29.0 Å². The van der Waals surface area contributed by atoms with Crippen LogP contribution in [0.3, 0.4) is 0 Å². The SMILES string of the molecule is NC(=O)CN(CC(=O)O)C(=O)c1ccc2c(c1)OCCO2. The van der Waals surface area contributed by atoms with E-state index in [1.54, 1.807) is 6.07 Å². The summed E-state index contributed by atoms with van der Waals surface area (Å²) in [5.74, 6) is -1.73. The van der Waals surface area contributed by atoms with Gasteiger partial charge in [-0.3, -0.25) is 14.4 Å². The van der Waals surface area contributed by atoms with Crippen LogP contribution in [-0.2, 0) is 9.59 Å². The van der Waals surface area contributed by atoms with Gasteiger partial charge >= 0.3 is 5.97 Å². The molecule has 0 unspecified atom stereocenters. The Morgan fingerprint density at radius 1 is 1.14 bits per heavy atom. The zero-order valence-corrected chi connectivity index (χ0v) is 11.1. The van der Waals surface area contributed by atoms with Gasteiger partial charge in [0.1, 0.15) is 26.3 Å². The highest BCUT2D eigenvalue weighted by molar-refractivity contribution is 5.98. The van der Waals surface area contributed by atoms with Crippen molar-refractivity contribution in [2.75, 3.05) is 26.3 Å². The summed E-state index contributed by atoms with van der Waals surface area (Å²) >= 11 is 0. The van der Waals surface area contributed by atoms with E-state index in [0.29, 0.717) is 24.7 Å².